The van der Waals surface area contributed by atoms with Crippen molar-refractivity contribution in [2.45, 2.75) is 19.4 Å². The van der Waals surface area contributed by atoms with E-state index in [0.717, 1.165) is 16.7 Å². The number of H-pyrrole nitrogens is 1. The number of likely N-dealkylation sites (N-methyl/N-ethyl adjacent to an activating group) is 1. The smallest absolute Gasteiger partial charge is 0.0931 e. The minimum absolute atomic E-state index is 0.0479. The van der Waals surface area contributed by atoms with E-state index in [2.05, 4.69) is 47.9 Å². The van der Waals surface area contributed by atoms with Crippen molar-refractivity contribution in [1.82, 2.24) is 9.97 Å². The van der Waals surface area contributed by atoms with E-state index >= 15 is 0 Å². The van der Waals surface area contributed by atoms with Gasteiger partial charge < -0.3 is 15.6 Å². The zero-order chi connectivity index (χ0) is 11.8. The van der Waals surface area contributed by atoms with Crippen LogP contribution in [-0.4, -0.2) is 29.1 Å². The Morgan fingerprint density at radius 2 is 2.19 bits per heavy atom. The fraction of sp³-hybridized carbons (Fsp3) is 0.417. The maximum atomic E-state index is 5.78. The predicted octanol–water partition coefficient (Wildman–Crippen LogP) is 1.74. The quantitative estimate of drug-likeness (QED) is 0.825. The number of imidazole rings is 1. The lowest BCUT2D eigenvalue weighted by Gasteiger charge is -2.36. The van der Waals surface area contributed by atoms with Crippen molar-refractivity contribution in [2.24, 2.45) is 5.73 Å². The Labute approximate surface area is 95.5 Å². The molecule has 16 heavy (non-hydrogen) atoms. The summed E-state index contributed by atoms with van der Waals surface area (Å²) in [5.74, 6) is 0. The van der Waals surface area contributed by atoms with Crippen molar-refractivity contribution < 1.29 is 0 Å². The lowest BCUT2D eigenvalue weighted by Crippen LogP contribution is -2.47. The van der Waals surface area contributed by atoms with E-state index in [1.807, 2.05) is 6.07 Å². The summed E-state index contributed by atoms with van der Waals surface area (Å²) in [5, 5.41) is 0. The minimum Gasteiger partial charge on any atom is -0.368 e. The molecule has 1 aromatic carbocycles. The first kappa shape index (κ1) is 11.0. The van der Waals surface area contributed by atoms with Gasteiger partial charge in [0.25, 0.3) is 0 Å². The Kier molecular flexibility index (Phi) is 2.59. The summed E-state index contributed by atoms with van der Waals surface area (Å²) in [6, 6.07) is 6.19. The Morgan fingerprint density at radius 3 is 2.88 bits per heavy atom. The maximum absolute atomic E-state index is 5.78. The van der Waals surface area contributed by atoms with Crippen LogP contribution in [0.15, 0.2) is 24.5 Å². The minimum atomic E-state index is -0.0479. The second-order valence-electron chi connectivity index (χ2n) is 4.68. The molecule has 2 rings (SSSR count). The van der Waals surface area contributed by atoms with Crippen LogP contribution in [-0.2, 0) is 0 Å². The van der Waals surface area contributed by atoms with Crippen LogP contribution in [0.1, 0.15) is 13.8 Å². The molecule has 0 aliphatic carbocycles. The molecule has 0 unspecified atom stereocenters. The molecule has 0 spiro atoms. The monoisotopic (exact) mass is 218 g/mol. The molecule has 0 radical (unpaired) electrons. The second kappa shape index (κ2) is 3.79. The number of aromatic amines is 1. The Hall–Kier alpha value is -1.55. The average Bonchev–Trinajstić information content (AvgIpc) is 2.74. The highest BCUT2D eigenvalue weighted by Gasteiger charge is 2.21. The Bertz CT molecular complexity index is 486. The summed E-state index contributed by atoms with van der Waals surface area (Å²) in [6.45, 7) is 4.87. The first-order valence-electron chi connectivity index (χ1n) is 5.41. The first-order valence-corrected chi connectivity index (χ1v) is 5.41. The molecule has 0 amide bonds. The van der Waals surface area contributed by atoms with Crippen LogP contribution < -0.4 is 10.6 Å². The molecule has 0 saturated carbocycles. The van der Waals surface area contributed by atoms with Gasteiger partial charge in [0.2, 0.25) is 0 Å². The number of hydrogen-bond donors (Lipinski definition) is 2. The van der Waals surface area contributed by atoms with Gasteiger partial charge in [-0.1, -0.05) is 0 Å². The van der Waals surface area contributed by atoms with Crippen LogP contribution in [0.25, 0.3) is 11.0 Å². The van der Waals surface area contributed by atoms with E-state index in [-0.39, 0.29) is 5.54 Å². The number of aromatic nitrogens is 2. The van der Waals surface area contributed by atoms with Gasteiger partial charge in [0.1, 0.15) is 0 Å². The summed E-state index contributed by atoms with van der Waals surface area (Å²) < 4.78 is 0. The number of benzene rings is 1. The van der Waals surface area contributed by atoms with Crippen LogP contribution in [0.5, 0.6) is 0 Å². The molecule has 1 heterocycles. The second-order valence-corrected chi connectivity index (χ2v) is 4.68. The summed E-state index contributed by atoms with van der Waals surface area (Å²) in [5.41, 5.74) is 8.91. The topological polar surface area (TPSA) is 57.9 Å². The van der Waals surface area contributed by atoms with Gasteiger partial charge in [-0.2, -0.15) is 0 Å². The lowest BCUT2D eigenvalue weighted by molar-refractivity contribution is 0.499. The van der Waals surface area contributed by atoms with Crippen molar-refractivity contribution in [3.8, 4) is 0 Å². The van der Waals surface area contributed by atoms with Crippen LogP contribution in [0.3, 0.4) is 0 Å². The molecule has 1 aromatic heterocycles. The van der Waals surface area contributed by atoms with Gasteiger partial charge in [-0.3, -0.25) is 0 Å². The molecule has 0 aliphatic heterocycles. The van der Waals surface area contributed by atoms with E-state index in [9.17, 15) is 0 Å². The van der Waals surface area contributed by atoms with Gasteiger partial charge in [0.05, 0.1) is 17.4 Å². The highest BCUT2D eigenvalue weighted by molar-refractivity contribution is 5.79. The van der Waals surface area contributed by atoms with Crippen molar-refractivity contribution in [3.05, 3.63) is 24.5 Å². The fourth-order valence-electron chi connectivity index (χ4n) is 1.62. The summed E-state index contributed by atoms with van der Waals surface area (Å²) in [6.07, 6.45) is 1.71. The molecule has 4 heteroatoms. The van der Waals surface area contributed by atoms with E-state index in [0.29, 0.717) is 6.54 Å². The number of rotatable bonds is 3. The third-order valence-electron chi connectivity index (χ3n) is 3.20. The molecule has 0 atom stereocenters. The molecule has 3 N–H and O–H groups in total. The molecule has 0 fully saturated rings. The van der Waals surface area contributed by atoms with Crippen LogP contribution in [0.2, 0.25) is 0 Å². The Balaban J connectivity index is 2.39. The number of nitrogens with one attached hydrogen (secondary N) is 1. The van der Waals surface area contributed by atoms with Gasteiger partial charge in [-0.15, -0.1) is 0 Å². The summed E-state index contributed by atoms with van der Waals surface area (Å²) in [7, 11) is 2.06. The molecule has 2 aromatic rings. The highest BCUT2D eigenvalue weighted by atomic mass is 15.2. The fourth-order valence-corrected chi connectivity index (χ4v) is 1.62. The van der Waals surface area contributed by atoms with Crippen LogP contribution in [0.4, 0.5) is 5.69 Å². The van der Waals surface area contributed by atoms with Crippen molar-refractivity contribution in [1.29, 1.82) is 0 Å². The zero-order valence-corrected chi connectivity index (χ0v) is 9.99. The molecule has 0 bridgehead atoms. The lowest BCUT2D eigenvalue weighted by atomic mass is 10.0. The van der Waals surface area contributed by atoms with E-state index in [1.165, 1.54) is 0 Å². The molecule has 86 valence electrons. The van der Waals surface area contributed by atoms with Crippen molar-refractivity contribution in [2.75, 3.05) is 18.5 Å². The van der Waals surface area contributed by atoms with Crippen LogP contribution in [0, 0.1) is 0 Å². The summed E-state index contributed by atoms with van der Waals surface area (Å²) >= 11 is 0. The zero-order valence-electron chi connectivity index (χ0n) is 9.99. The molecule has 0 saturated heterocycles. The van der Waals surface area contributed by atoms with E-state index < -0.39 is 0 Å². The Morgan fingerprint density at radius 1 is 1.44 bits per heavy atom. The molecule has 4 nitrogen and oxygen atoms in total. The highest BCUT2D eigenvalue weighted by Crippen LogP contribution is 2.24. The molecular formula is C12H18N4. The average molecular weight is 218 g/mol. The number of anilines is 1. The SMILES string of the molecule is CN(c1ccc2nc[nH]c2c1)C(C)(C)CN. The summed E-state index contributed by atoms with van der Waals surface area (Å²) in [4.78, 5) is 9.51. The van der Waals surface area contributed by atoms with E-state index in [4.69, 9.17) is 5.73 Å². The number of nitrogens with two attached hydrogens (primary N) is 1. The first-order chi connectivity index (χ1) is 7.54. The van der Waals surface area contributed by atoms with Crippen molar-refractivity contribution >= 4 is 16.7 Å². The maximum Gasteiger partial charge on any atom is 0.0931 e. The third-order valence-corrected chi connectivity index (χ3v) is 3.20. The standard InChI is InChI=1S/C12H18N4/c1-12(2,7-13)16(3)9-4-5-10-11(6-9)15-8-14-10/h4-6,8H,7,13H2,1-3H3,(H,14,15). The molecular weight excluding hydrogens is 200 g/mol. The van der Waals surface area contributed by atoms with Crippen LogP contribution >= 0.6 is 0 Å². The van der Waals surface area contributed by atoms with Gasteiger partial charge in [0, 0.05) is 24.8 Å². The van der Waals surface area contributed by atoms with Gasteiger partial charge in [-0.25, -0.2) is 4.98 Å². The largest absolute Gasteiger partial charge is 0.368 e. The number of nitrogens with zero attached hydrogens (tertiary/aromatic N) is 2. The number of fused-ring (bicyclic) bond motifs is 1. The van der Waals surface area contributed by atoms with Crippen molar-refractivity contribution in [3.63, 3.8) is 0 Å². The third kappa shape index (κ3) is 1.76. The molecule has 0 aliphatic rings. The number of hydrogen-bond acceptors (Lipinski definition) is 3. The van der Waals surface area contributed by atoms with Gasteiger partial charge >= 0.3 is 0 Å². The van der Waals surface area contributed by atoms with Gasteiger partial charge in [-0.05, 0) is 32.0 Å². The normalized spacial score (nSPS) is 12.0. The predicted molar refractivity (Wildman–Crippen MR) is 67.6 cm³/mol. The van der Waals surface area contributed by atoms with E-state index in [1.54, 1.807) is 6.33 Å². The van der Waals surface area contributed by atoms with Gasteiger partial charge in [0.15, 0.2) is 0 Å².